The normalized spacial score (nSPS) is 21.5. The largest absolute Gasteiger partial charge is 0.373 e. The van der Waals surface area contributed by atoms with Crippen molar-refractivity contribution in [2.75, 3.05) is 26.2 Å². The van der Waals surface area contributed by atoms with Crippen LogP contribution < -0.4 is 10.6 Å². The molecule has 7 heteroatoms. The van der Waals surface area contributed by atoms with Gasteiger partial charge in [-0.2, -0.15) is 5.10 Å². The van der Waals surface area contributed by atoms with Crippen LogP contribution in [0.2, 0.25) is 0 Å². The molecular formula is C15H28IN5O. The SMILES string of the molecule is CCNC(=NCC1(C)CCCO1)NCCc1cnn(C)c1.I. The number of ether oxygens (including phenoxy) is 1. The average molecular weight is 421 g/mol. The van der Waals surface area contributed by atoms with Crippen molar-refractivity contribution >= 4 is 29.9 Å². The van der Waals surface area contributed by atoms with Crippen LogP contribution in [0, 0.1) is 0 Å². The van der Waals surface area contributed by atoms with E-state index in [4.69, 9.17) is 4.74 Å². The summed E-state index contributed by atoms with van der Waals surface area (Å²) in [5.41, 5.74) is 1.14. The Labute approximate surface area is 150 Å². The summed E-state index contributed by atoms with van der Waals surface area (Å²) in [4.78, 5) is 4.65. The van der Waals surface area contributed by atoms with Crippen molar-refractivity contribution in [2.24, 2.45) is 12.0 Å². The van der Waals surface area contributed by atoms with Crippen LogP contribution >= 0.6 is 24.0 Å². The highest BCUT2D eigenvalue weighted by Gasteiger charge is 2.29. The molecule has 126 valence electrons. The first-order valence-electron chi connectivity index (χ1n) is 7.75. The molecule has 1 atom stereocenters. The van der Waals surface area contributed by atoms with E-state index >= 15 is 0 Å². The molecule has 0 amide bonds. The van der Waals surface area contributed by atoms with Crippen LogP contribution in [0.15, 0.2) is 17.4 Å². The van der Waals surface area contributed by atoms with E-state index in [1.165, 1.54) is 5.56 Å². The Hall–Kier alpha value is -0.830. The van der Waals surface area contributed by atoms with Gasteiger partial charge in [0.05, 0.1) is 18.3 Å². The Kier molecular flexibility index (Phi) is 8.16. The van der Waals surface area contributed by atoms with E-state index in [1.54, 1.807) is 0 Å². The van der Waals surface area contributed by atoms with Crippen molar-refractivity contribution in [2.45, 2.75) is 38.7 Å². The lowest BCUT2D eigenvalue weighted by atomic mass is 10.0. The first-order chi connectivity index (χ1) is 10.1. The van der Waals surface area contributed by atoms with Crippen molar-refractivity contribution in [3.63, 3.8) is 0 Å². The first-order valence-corrected chi connectivity index (χ1v) is 7.75. The van der Waals surface area contributed by atoms with E-state index in [9.17, 15) is 0 Å². The summed E-state index contributed by atoms with van der Waals surface area (Å²) in [6.45, 7) is 7.48. The maximum absolute atomic E-state index is 5.77. The summed E-state index contributed by atoms with van der Waals surface area (Å²) in [7, 11) is 1.94. The number of aryl methyl sites for hydroxylation is 1. The van der Waals surface area contributed by atoms with E-state index in [-0.39, 0.29) is 29.6 Å². The van der Waals surface area contributed by atoms with Gasteiger partial charge in [0.25, 0.3) is 0 Å². The second-order valence-electron chi connectivity index (χ2n) is 5.80. The Morgan fingerprint density at radius 1 is 1.50 bits per heavy atom. The number of hydrogen-bond donors (Lipinski definition) is 2. The molecule has 0 aliphatic carbocycles. The third-order valence-electron chi connectivity index (χ3n) is 3.68. The van der Waals surface area contributed by atoms with Crippen LogP contribution in [0.3, 0.4) is 0 Å². The molecule has 0 spiro atoms. The van der Waals surface area contributed by atoms with E-state index in [0.717, 1.165) is 44.9 Å². The maximum Gasteiger partial charge on any atom is 0.191 e. The molecule has 1 unspecified atom stereocenters. The predicted octanol–water partition coefficient (Wildman–Crippen LogP) is 1.70. The molecule has 1 fully saturated rings. The van der Waals surface area contributed by atoms with Crippen molar-refractivity contribution in [3.8, 4) is 0 Å². The fourth-order valence-electron chi connectivity index (χ4n) is 2.48. The molecule has 1 aliphatic heterocycles. The zero-order valence-corrected chi connectivity index (χ0v) is 16.1. The number of nitrogens with zero attached hydrogens (tertiary/aromatic N) is 3. The standard InChI is InChI=1S/C15H27N5O.HI/c1-4-16-14(18-12-15(2)7-5-9-21-15)17-8-6-13-10-19-20(3)11-13;/h10-11H,4-9,12H2,1-3H3,(H2,16,17,18);1H. The van der Waals surface area contributed by atoms with Crippen LogP contribution in [0.5, 0.6) is 0 Å². The number of nitrogens with one attached hydrogen (secondary N) is 2. The van der Waals surface area contributed by atoms with Gasteiger partial charge in [0.2, 0.25) is 0 Å². The van der Waals surface area contributed by atoms with Gasteiger partial charge in [0, 0.05) is 32.9 Å². The summed E-state index contributed by atoms with van der Waals surface area (Å²) < 4.78 is 7.60. The molecule has 1 aromatic heterocycles. The van der Waals surface area contributed by atoms with Gasteiger partial charge in [-0.1, -0.05) is 0 Å². The van der Waals surface area contributed by atoms with Gasteiger partial charge in [-0.3, -0.25) is 9.67 Å². The van der Waals surface area contributed by atoms with Gasteiger partial charge < -0.3 is 15.4 Å². The highest BCUT2D eigenvalue weighted by atomic mass is 127. The van der Waals surface area contributed by atoms with Crippen molar-refractivity contribution < 1.29 is 4.74 Å². The molecule has 2 N–H and O–H groups in total. The van der Waals surface area contributed by atoms with E-state index < -0.39 is 0 Å². The molecule has 1 saturated heterocycles. The van der Waals surface area contributed by atoms with Gasteiger partial charge in [-0.25, -0.2) is 0 Å². The second-order valence-corrected chi connectivity index (χ2v) is 5.80. The molecular weight excluding hydrogens is 393 g/mol. The number of aromatic nitrogens is 2. The summed E-state index contributed by atoms with van der Waals surface area (Å²) in [6.07, 6.45) is 7.10. The molecule has 1 aliphatic rings. The highest BCUT2D eigenvalue weighted by Crippen LogP contribution is 2.24. The number of rotatable bonds is 6. The minimum Gasteiger partial charge on any atom is -0.373 e. The molecule has 0 saturated carbocycles. The lowest BCUT2D eigenvalue weighted by Crippen LogP contribution is -2.40. The highest BCUT2D eigenvalue weighted by molar-refractivity contribution is 14.0. The third-order valence-corrected chi connectivity index (χ3v) is 3.68. The monoisotopic (exact) mass is 421 g/mol. The van der Waals surface area contributed by atoms with E-state index in [2.05, 4.69) is 34.6 Å². The quantitative estimate of drug-likeness (QED) is 0.417. The van der Waals surface area contributed by atoms with Crippen LogP contribution in [-0.4, -0.2) is 47.6 Å². The van der Waals surface area contributed by atoms with Gasteiger partial charge in [0.15, 0.2) is 5.96 Å². The van der Waals surface area contributed by atoms with Crippen molar-refractivity contribution in [1.29, 1.82) is 0 Å². The Bertz CT molecular complexity index is 468. The molecule has 0 radical (unpaired) electrons. The summed E-state index contributed by atoms with van der Waals surface area (Å²) >= 11 is 0. The van der Waals surface area contributed by atoms with Crippen molar-refractivity contribution in [1.82, 2.24) is 20.4 Å². The lowest BCUT2D eigenvalue weighted by Gasteiger charge is -2.21. The zero-order valence-electron chi connectivity index (χ0n) is 13.8. The molecule has 2 rings (SSSR count). The van der Waals surface area contributed by atoms with Crippen LogP contribution in [-0.2, 0) is 18.2 Å². The fraction of sp³-hybridized carbons (Fsp3) is 0.733. The number of guanidine groups is 1. The van der Waals surface area contributed by atoms with Gasteiger partial charge in [0.1, 0.15) is 0 Å². The third kappa shape index (κ3) is 6.12. The summed E-state index contributed by atoms with van der Waals surface area (Å²) in [5.74, 6) is 0.859. The van der Waals surface area contributed by atoms with Crippen LogP contribution in [0.1, 0.15) is 32.3 Å². The molecule has 0 bridgehead atoms. The summed E-state index contributed by atoms with van der Waals surface area (Å²) in [5, 5.41) is 10.8. The summed E-state index contributed by atoms with van der Waals surface area (Å²) in [6, 6.07) is 0. The first kappa shape index (κ1) is 19.2. The topological polar surface area (TPSA) is 63.5 Å². The van der Waals surface area contributed by atoms with E-state index in [0.29, 0.717) is 6.54 Å². The average Bonchev–Trinajstić information content (AvgIpc) is 3.06. The maximum atomic E-state index is 5.77. The molecule has 6 nitrogen and oxygen atoms in total. The van der Waals surface area contributed by atoms with Gasteiger partial charge in [-0.15, -0.1) is 24.0 Å². The Morgan fingerprint density at radius 3 is 2.91 bits per heavy atom. The minimum absolute atomic E-state index is 0. The predicted molar refractivity (Wildman–Crippen MR) is 99.9 cm³/mol. The molecule has 22 heavy (non-hydrogen) atoms. The molecule has 1 aromatic rings. The Morgan fingerprint density at radius 2 is 2.32 bits per heavy atom. The van der Waals surface area contributed by atoms with Crippen LogP contribution in [0.25, 0.3) is 0 Å². The lowest BCUT2D eigenvalue weighted by molar-refractivity contribution is 0.0283. The molecule has 2 heterocycles. The van der Waals surface area contributed by atoms with Gasteiger partial charge in [-0.05, 0) is 38.7 Å². The van der Waals surface area contributed by atoms with E-state index in [1.807, 2.05) is 24.1 Å². The number of halogens is 1. The minimum atomic E-state index is -0.0916. The van der Waals surface area contributed by atoms with Crippen molar-refractivity contribution in [3.05, 3.63) is 18.0 Å². The number of hydrogen-bond acceptors (Lipinski definition) is 3. The number of aliphatic imine (C=N–C) groups is 1. The molecule has 0 aromatic carbocycles. The second kappa shape index (κ2) is 9.34. The smallest absolute Gasteiger partial charge is 0.191 e. The fourth-order valence-corrected chi connectivity index (χ4v) is 2.48. The Balaban J connectivity index is 0.00000242. The van der Waals surface area contributed by atoms with Gasteiger partial charge >= 0.3 is 0 Å². The van der Waals surface area contributed by atoms with Crippen LogP contribution in [0.4, 0.5) is 0 Å². The zero-order chi connectivity index (χ0) is 15.1.